The van der Waals surface area contributed by atoms with E-state index in [-0.39, 0.29) is 0 Å². The van der Waals surface area contributed by atoms with Crippen LogP contribution in [0.5, 0.6) is 5.75 Å². The lowest BCUT2D eigenvalue weighted by Gasteiger charge is -2.08. The van der Waals surface area contributed by atoms with Crippen molar-refractivity contribution in [1.29, 1.82) is 0 Å². The van der Waals surface area contributed by atoms with Crippen LogP contribution in [0.4, 0.5) is 0 Å². The molecule has 0 aliphatic carbocycles. The molecule has 4 heteroatoms. The zero-order valence-corrected chi connectivity index (χ0v) is 13.6. The van der Waals surface area contributed by atoms with E-state index in [0.717, 1.165) is 29.1 Å². The molecular weight excluding hydrogens is 305 g/mol. The first-order valence-corrected chi connectivity index (χ1v) is 7.59. The van der Waals surface area contributed by atoms with Crippen LogP contribution in [0.3, 0.4) is 0 Å². The third-order valence-corrected chi connectivity index (χ3v) is 3.43. The third-order valence-electron chi connectivity index (χ3n) is 2.87. The van der Waals surface area contributed by atoms with Crippen molar-refractivity contribution < 1.29 is 4.74 Å². The smallest absolute Gasteiger partial charge is 0.144 e. The summed E-state index contributed by atoms with van der Waals surface area (Å²) in [5, 5.41) is 1.24. The van der Waals surface area contributed by atoms with Gasteiger partial charge in [0.25, 0.3) is 0 Å². The summed E-state index contributed by atoms with van der Waals surface area (Å²) in [5.74, 6) is 0.781. The molecule has 0 fully saturated rings. The monoisotopic (exact) mass is 321 g/mol. The van der Waals surface area contributed by atoms with E-state index >= 15 is 0 Å². The minimum Gasteiger partial charge on any atom is -0.491 e. The van der Waals surface area contributed by atoms with E-state index in [1.165, 1.54) is 0 Å². The third kappa shape index (κ3) is 4.48. The lowest BCUT2D eigenvalue weighted by atomic mass is 10.2. The van der Waals surface area contributed by atoms with Crippen LogP contribution in [0.25, 0.3) is 12.2 Å². The first kappa shape index (κ1) is 15.9. The molecule has 0 aliphatic heterocycles. The zero-order valence-electron chi connectivity index (χ0n) is 12.1. The van der Waals surface area contributed by atoms with Crippen molar-refractivity contribution in [2.45, 2.75) is 20.3 Å². The van der Waals surface area contributed by atoms with Crippen LogP contribution in [-0.2, 0) is 0 Å². The average Bonchev–Trinajstić information content (AvgIpc) is 2.45. The second kappa shape index (κ2) is 7.48. The van der Waals surface area contributed by atoms with Gasteiger partial charge in [-0.15, -0.1) is 0 Å². The van der Waals surface area contributed by atoms with E-state index < -0.39 is 0 Å². The second-order valence-corrected chi connectivity index (χ2v) is 5.53. The Labute approximate surface area is 135 Å². The summed E-state index contributed by atoms with van der Waals surface area (Å²) in [6.45, 7) is 4.70. The van der Waals surface area contributed by atoms with Gasteiger partial charge in [-0.3, -0.25) is 0 Å². The van der Waals surface area contributed by atoms with Crippen LogP contribution in [0.15, 0.2) is 30.3 Å². The number of nitrogens with zero attached hydrogens (tertiary/aromatic N) is 1. The number of aryl methyl sites for hydroxylation is 1. The largest absolute Gasteiger partial charge is 0.491 e. The quantitative estimate of drug-likeness (QED) is 0.709. The minimum absolute atomic E-state index is 0.613. The van der Waals surface area contributed by atoms with Crippen molar-refractivity contribution in [1.82, 2.24) is 4.98 Å². The van der Waals surface area contributed by atoms with Crippen molar-refractivity contribution in [3.05, 3.63) is 57.3 Å². The molecule has 2 nitrogen and oxygen atoms in total. The van der Waals surface area contributed by atoms with Crippen LogP contribution < -0.4 is 4.74 Å². The van der Waals surface area contributed by atoms with E-state index in [2.05, 4.69) is 11.9 Å². The van der Waals surface area contributed by atoms with Crippen LogP contribution in [0.1, 0.15) is 30.3 Å². The van der Waals surface area contributed by atoms with Gasteiger partial charge in [0.15, 0.2) is 0 Å². The Balaban J connectivity index is 2.28. The minimum atomic E-state index is 0.613. The Hall–Kier alpha value is -1.51. The summed E-state index contributed by atoms with van der Waals surface area (Å²) < 4.78 is 5.71. The van der Waals surface area contributed by atoms with Crippen molar-refractivity contribution in [2.24, 2.45) is 0 Å². The molecular formula is C17H17Cl2NO. The average molecular weight is 322 g/mol. The van der Waals surface area contributed by atoms with Gasteiger partial charge in [-0.05, 0) is 49.2 Å². The van der Waals surface area contributed by atoms with Gasteiger partial charge in [0, 0.05) is 15.7 Å². The molecule has 0 bridgehead atoms. The van der Waals surface area contributed by atoms with Crippen LogP contribution in [-0.4, -0.2) is 11.6 Å². The molecule has 2 rings (SSSR count). The standard InChI is InChI=1S/C17H17Cl2NO/c1-3-10-21-17-9-4-12(2)20-16(17)8-6-13-5-7-14(18)11-15(13)19/h4-9,11H,3,10H2,1-2H3. The molecule has 0 radical (unpaired) electrons. The highest BCUT2D eigenvalue weighted by atomic mass is 35.5. The van der Waals surface area contributed by atoms with Gasteiger partial charge in [0.05, 0.1) is 6.61 Å². The summed E-state index contributed by atoms with van der Waals surface area (Å²) in [6.07, 6.45) is 4.78. The first-order chi connectivity index (χ1) is 10.1. The van der Waals surface area contributed by atoms with E-state index in [9.17, 15) is 0 Å². The molecule has 1 aromatic heterocycles. The van der Waals surface area contributed by atoms with Crippen molar-refractivity contribution in [3.8, 4) is 5.75 Å². The van der Waals surface area contributed by atoms with Gasteiger partial charge in [-0.1, -0.05) is 42.3 Å². The fourth-order valence-corrected chi connectivity index (χ4v) is 2.29. The normalized spacial score (nSPS) is 11.0. The molecule has 0 unspecified atom stereocenters. The highest BCUT2D eigenvalue weighted by Gasteiger charge is 2.04. The highest BCUT2D eigenvalue weighted by Crippen LogP contribution is 2.24. The van der Waals surface area contributed by atoms with Crippen LogP contribution >= 0.6 is 23.2 Å². The van der Waals surface area contributed by atoms with Gasteiger partial charge in [0.1, 0.15) is 11.4 Å². The summed E-state index contributed by atoms with van der Waals surface area (Å²) >= 11 is 12.1. The highest BCUT2D eigenvalue weighted by molar-refractivity contribution is 6.35. The molecule has 0 amide bonds. The molecule has 0 saturated carbocycles. The maximum absolute atomic E-state index is 6.16. The molecule has 110 valence electrons. The molecule has 0 N–H and O–H groups in total. The number of ether oxygens (including phenoxy) is 1. The number of pyridine rings is 1. The van der Waals surface area contributed by atoms with E-state index in [0.29, 0.717) is 16.7 Å². The summed E-state index contributed by atoms with van der Waals surface area (Å²) in [4.78, 5) is 4.51. The number of benzene rings is 1. The van der Waals surface area contributed by atoms with Gasteiger partial charge >= 0.3 is 0 Å². The van der Waals surface area contributed by atoms with Gasteiger partial charge in [-0.2, -0.15) is 0 Å². The van der Waals surface area contributed by atoms with Crippen molar-refractivity contribution in [2.75, 3.05) is 6.61 Å². The maximum atomic E-state index is 6.16. The topological polar surface area (TPSA) is 22.1 Å². The van der Waals surface area contributed by atoms with Gasteiger partial charge in [-0.25, -0.2) is 4.98 Å². The van der Waals surface area contributed by atoms with Crippen molar-refractivity contribution >= 4 is 35.4 Å². The number of hydrogen-bond acceptors (Lipinski definition) is 2. The lowest BCUT2D eigenvalue weighted by Crippen LogP contribution is -1.99. The van der Waals surface area contributed by atoms with Crippen molar-refractivity contribution in [3.63, 3.8) is 0 Å². The SMILES string of the molecule is CCCOc1ccc(C)nc1C=Cc1ccc(Cl)cc1Cl. The Morgan fingerprint density at radius 1 is 1.14 bits per heavy atom. The predicted octanol–water partition coefficient (Wildman–Crippen LogP) is 5.66. The molecule has 0 spiro atoms. The lowest BCUT2D eigenvalue weighted by molar-refractivity contribution is 0.315. The number of aromatic nitrogens is 1. The number of halogens is 2. The molecule has 0 saturated heterocycles. The van der Waals surface area contributed by atoms with Gasteiger partial charge < -0.3 is 4.74 Å². The number of rotatable bonds is 5. The molecule has 1 aromatic carbocycles. The maximum Gasteiger partial charge on any atom is 0.144 e. The van der Waals surface area contributed by atoms with E-state index in [1.807, 2.05) is 43.3 Å². The van der Waals surface area contributed by atoms with Gasteiger partial charge in [0.2, 0.25) is 0 Å². The van der Waals surface area contributed by atoms with E-state index in [4.69, 9.17) is 27.9 Å². The van der Waals surface area contributed by atoms with Crippen LogP contribution in [0, 0.1) is 6.92 Å². The molecule has 0 aliphatic rings. The fraction of sp³-hybridized carbons (Fsp3) is 0.235. The number of hydrogen-bond donors (Lipinski definition) is 0. The van der Waals surface area contributed by atoms with E-state index in [1.54, 1.807) is 6.07 Å². The summed E-state index contributed by atoms with van der Waals surface area (Å²) in [5.41, 5.74) is 2.64. The first-order valence-electron chi connectivity index (χ1n) is 6.83. The zero-order chi connectivity index (χ0) is 15.2. The summed E-state index contributed by atoms with van der Waals surface area (Å²) in [7, 11) is 0. The molecule has 21 heavy (non-hydrogen) atoms. The van der Waals surface area contributed by atoms with Crippen LogP contribution in [0.2, 0.25) is 10.0 Å². The predicted molar refractivity (Wildman–Crippen MR) is 90.2 cm³/mol. The Kier molecular flexibility index (Phi) is 5.66. The summed E-state index contributed by atoms with van der Waals surface area (Å²) in [6, 6.07) is 9.30. The molecule has 0 atom stereocenters. The second-order valence-electron chi connectivity index (χ2n) is 4.68. The fourth-order valence-electron chi connectivity index (χ4n) is 1.82. The Morgan fingerprint density at radius 2 is 1.95 bits per heavy atom. The Bertz CT molecular complexity index is 653. The Morgan fingerprint density at radius 3 is 2.67 bits per heavy atom. The molecule has 1 heterocycles. The molecule has 2 aromatic rings.